The minimum atomic E-state index is -0.186. The van der Waals surface area contributed by atoms with Gasteiger partial charge in [0.1, 0.15) is 5.82 Å². The molecule has 1 aliphatic heterocycles. The van der Waals surface area contributed by atoms with Gasteiger partial charge in [0, 0.05) is 10.5 Å². The summed E-state index contributed by atoms with van der Waals surface area (Å²) in [6.07, 6.45) is 2.35. The average molecular weight is 244 g/mol. The van der Waals surface area contributed by atoms with Gasteiger partial charge in [-0.05, 0) is 37.1 Å². The second-order valence-corrected chi connectivity index (χ2v) is 4.17. The molecule has 1 aromatic rings. The monoisotopic (exact) mass is 243 g/mol. The zero-order chi connectivity index (χ0) is 9.26. The molecule has 2 rings (SSSR count). The van der Waals surface area contributed by atoms with Crippen LogP contribution in [0.3, 0.4) is 0 Å². The smallest absolute Gasteiger partial charge is 0.124 e. The molecule has 0 unspecified atom stereocenters. The maximum atomic E-state index is 12.8. The molecule has 0 aliphatic carbocycles. The van der Waals surface area contributed by atoms with E-state index in [1.54, 1.807) is 0 Å². The third-order valence-corrected chi connectivity index (χ3v) is 3.08. The van der Waals surface area contributed by atoms with Crippen LogP contribution in [0.1, 0.15) is 24.4 Å². The van der Waals surface area contributed by atoms with Crippen LogP contribution in [0.2, 0.25) is 0 Å². The van der Waals surface area contributed by atoms with Gasteiger partial charge in [-0.1, -0.05) is 22.0 Å². The highest BCUT2D eigenvalue weighted by atomic mass is 79.9. The summed E-state index contributed by atoms with van der Waals surface area (Å²) in [6, 6.07) is 5.28. The molecule has 13 heavy (non-hydrogen) atoms. The van der Waals surface area contributed by atoms with Crippen molar-refractivity contribution in [1.82, 2.24) is 5.32 Å². The van der Waals surface area contributed by atoms with Crippen molar-refractivity contribution in [3.8, 4) is 0 Å². The standard InChI is InChI=1S/C10H11BrFN/c11-9-6-7(12)3-4-8(9)10-2-1-5-13-10/h3-4,6,10,13H,1-2,5H2/t10-/m1/s1. The number of hydrogen-bond donors (Lipinski definition) is 1. The number of rotatable bonds is 1. The molecular formula is C10H11BrFN. The van der Waals surface area contributed by atoms with Crippen molar-refractivity contribution >= 4 is 15.9 Å². The Labute approximate surface area is 85.5 Å². The third-order valence-electron chi connectivity index (χ3n) is 2.40. The van der Waals surface area contributed by atoms with Crippen LogP contribution in [-0.4, -0.2) is 6.54 Å². The van der Waals surface area contributed by atoms with Gasteiger partial charge in [-0.3, -0.25) is 0 Å². The fraction of sp³-hybridized carbons (Fsp3) is 0.400. The van der Waals surface area contributed by atoms with E-state index in [1.165, 1.54) is 24.1 Å². The van der Waals surface area contributed by atoms with E-state index in [0.29, 0.717) is 6.04 Å². The third kappa shape index (κ3) is 1.92. The molecule has 1 fully saturated rings. The van der Waals surface area contributed by atoms with Gasteiger partial charge < -0.3 is 5.32 Å². The Bertz CT molecular complexity index is 308. The van der Waals surface area contributed by atoms with Crippen LogP contribution in [0.5, 0.6) is 0 Å². The molecule has 1 saturated heterocycles. The first-order chi connectivity index (χ1) is 6.27. The molecule has 1 nitrogen and oxygen atoms in total. The molecule has 1 aromatic carbocycles. The van der Waals surface area contributed by atoms with Crippen LogP contribution < -0.4 is 5.32 Å². The minimum absolute atomic E-state index is 0.186. The van der Waals surface area contributed by atoms with E-state index in [1.807, 2.05) is 6.07 Å². The van der Waals surface area contributed by atoms with E-state index < -0.39 is 0 Å². The Morgan fingerprint density at radius 3 is 2.92 bits per heavy atom. The van der Waals surface area contributed by atoms with Gasteiger partial charge in [-0.25, -0.2) is 4.39 Å². The van der Waals surface area contributed by atoms with Crippen molar-refractivity contribution in [2.45, 2.75) is 18.9 Å². The van der Waals surface area contributed by atoms with Gasteiger partial charge in [-0.2, -0.15) is 0 Å². The van der Waals surface area contributed by atoms with Crippen LogP contribution >= 0.6 is 15.9 Å². The highest BCUT2D eigenvalue weighted by Crippen LogP contribution is 2.29. The number of halogens is 2. The fourth-order valence-electron chi connectivity index (χ4n) is 1.73. The molecule has 0 spiro atoms. The number of hydrogen-bond acceptors (Lipinski definition) is 1. The van der Waals surface area contributed by atoms with Gasteiger partial charge in [0.2, 0.25) is 0 Å². The van der Waals surface area contributed by atoms with Crippen LogP contribution in [0.25, 0.3) is 0 Å². The molecule has 0 aromatic heterocycles. The SMILES string of the molecule is Fc1ccc([C@H]2CCCN2)c(Br)c1. The van der Waals surface area contributed by atoms with Crippen LogP contribution in [-0.2, 0) is 0 Å². The van der Waals surface area contributed by atoms with Crippen molar-refractivity contribution in [2.75, 3.05) is 6.54 Å². The summed E-state index contributed by atoms with van der Waals surface area (Å²) in [6.45, 7) is 1.06. The second kappa shape index (κ2) is 3.76. The quantitative estimate of drug-likeness (QED) is 0.800. The fourth-order valence-corrected chi connectivity index (χ4v) is 2.36. The first kappa shape index (κ1) is 9.16. The van der Waals surface area contributed by atoms with Crippen molar-refractivity contribution in [1.29, 1.82) is 0 Å². The molecule has 0 bridgehead atoms. The first-order valence-corrected chi connectivity index (χ1v) is 5.25. The maximum absolute atomic E-state index is 12.8. The first-order valence-electron chi connectivity index (χ1n) is 4.46. The molecule has 0 amide bonds. The Morgan fingerprint density at radius 1 is 1.46 bits per heavy atom. The predicted molar refractivity (Wildman–Crippen MR) is 54.1 cm³/mol. The Hall–Kier alpha value is -0.410. The summed E-state index contributed by atoms with van der Waals surface area (Å²) in [7, 11) is 0. The van der Waals surface area contributed by atoms with E-state index in [0.717, 1.165) is 17.4 Å². The molecule has 1 aliphatic rings. The van der Waals surface area contributed by atoms with E-state index in [-0.39, 0.29) is 5.82 Å². The number of nitrogens with one attached hydrogen (secondary N) is 1. The zero-order valence-electron chi connectivity index (χ0n) is 7.19. The second-order valence-electron chi connectivity index (χ2n) is 3.31. The van der Waals surface area contributed by atoms with Crippen molar-refractivity contribution in [2.24, 2.45) is 0 Å². The molecule has 0 radical (unpaired) electrons. The molecule has 3 heteroatoms. The Balaban J connectivity index is 2.29. The summed E-state index contributed by atoms with van der Waals surface area (Å²) < 4.78 is 13.7. The Kier molecular flexibility index (Phi) is 2.65. The molecule has 70 valence electrons. The zero-order valence-corrected chi connectivity index (χ0v) is 8.77. The van der Waals surface area contributed by atoms with Crippen molar-refractivity contribution in [3.63, 3.8) is 0 Å². The molecule has 1 heterocycles. The summed E-state index contributed by atoms with van der Waals surface area (Å²) in [5, 5.41) is 3.38. The summed E-state index contributed by atoms with van der Waals surface area (Å²) in [4.78, 5) is 0. The van der Waals surface area contributed by atoms with Gasteiger partial charge in [0.05, 0.1) is 0 Å². The average Bonchev–Trinajstić information content (AvgIpc) is 2.56. The molecule has 0 saturated carbocycles. The lowest BCUT2D eigenvalue weighted by molar-refractivity contribution is 0.615. The molecule has 1 N–H and O–H groups in total. The highest BCUT2D eigenvalue weighted by molar-refractivity contribution is 9.10. The van der Waals surface area contributed by atoms with Gasteiger partial charge in [0.15, 0.2) is 0 Å². The van der Waals surface area contributed by atoms with E-state index >= 15 is 0 Å². The summed E-state index contributed by atoms with van der Waals surface area (Å²) >= 11 is 3.38. The Morgan fingerprint density at radius 2 is 2.31 bits per heavy atom. The lowest BCUT2D eigenvalue weighted by Gasteiger charge is -2.12. The summed E-state index contributed by atoms with van der Waals surface area (Å²) in [5.41, 5.74) is 1.17. The van der Waals surface area contributed by atoms with Crippen LogP contribution in [0.15, 0.2) is 22.7 Å². The van der Waals surface area contributed by atoms with E-state index in [9.17, 15) is 4.39 Å². The normalized spacial score (nSPS) is 22.2. The van der Waals surface area contributed by atoms with Crippen LogP contribution in [0.4, 0.5) is 4.39 Å². The maximum Gasteiger partial charge on any atom is 0.124 e. The lowest BCUT2D eigenvalue weighted by Crippen LogP contribution is -2.13. The molecular weight excluding hydrogens is 233 g/mol. The van der Waals surface area contributed by atoms with Gasteiger partial charge in [-0.15, -0.1) is 0 Å². The topological polar surface area (TPSA) is 12.0 Å². The largest absolute Gasteiger partial charge is 0.310 e. The van der Waals surface area contributed by atoms with Crippen LogP contribution in [0, 0.1) is 5.82 Å². The van der Waals surface area contributed by atoms with Gasteiger partial charge in [0.25, 0.3) is 0 Å². The van der Waals surface area contributed by atoms with E-state index in [4.69, 9.17) is 0 Å². The predicted octanol–water partition coefficient (Wildman–Crippen LogP) is 3.01. The number of benzene rings is 1. The highest BCUT2D eigenvalue weighted by Gasteiger charge is 2.18. The van der Waals surface area contributed by atoms with Crippen molar-refractivity contribution in [3.05, 3.63) is 34.1 Å². The summed E-state index contributed by atoms with van der Waals surface area (Å²) in [5.74, 6) is -0.186. The van der Waals surface area contributed by atoms with Gasteiger partial charge >= 0.3 is 0 Å². The minimum Gasteiger partial charge on any atom is -0.310 e. The lowest BCUT2D eigenvalue weighted by atomic mass is 10.1. The van der Waals surface area contributed by atoms with E-state index in [2.05, 4.69) is 21.2 Å². The van der Waals surface area contributed by atoms with Crippen molar-refractivity contribution < 1.29 is 4.39 Å². The molecule has 1 atom stereocenters.